The van der Waals surface area contributed by atoms with Crippen LogP contribution in [0.25, 0.3) is 10.9 Å². The fraction of sp³-hybridized carbons (Fsp3) is 0.238. The Labute approximate surface area is 156 Å². The molecule has 1 fully saturated rings. The summed E-state index contributed by atoms with van der Waals surface area (Å²) in [5.74, 6) is -0.560. The van der Waals surface area contributed by atoms with E-state index >= 15 is 0 Å². The lowest BCUT2D eigenvalue weighted by atomic mass is 10.1. The highest BCUT2D eigenvalue weighted by molar-refractivity contribution is 5.91. The van der Waals surface area contributed by atoms with Crippen molar-refractivity contribution in [2.75, 3.05) is 0 Å². The van der Waals surface area contributed by atoms with Gasteiger partial charge in [0.05, 0.1) is 0 Å². The average molecular weight is 365 g/mol. The Morgan fingerprint density at radius 3 is 2.93 bits per heavy atom. The first-order valence-electron chi connectivity index (χ1n) is 8.98. The highest BCUT2D eigenvalue weighted by atomic mass is 19.1. The van der Waals surface area contributed by atoms with E-state index in [4.69, 9.17) is 0 Å². The molecular formula is C21H20FN3O2. The van der Waals surface area contributed by atoms with Crippen LogP contribution in [0.15, 0.2) is 54.7 Å². The SMILES string of the molecule is O=C(NCc1cccc(F)c1)C1CCC(=O)N1Cc1c[nH]c2ccccc12. The van der Waals surface area contributed by atoms with Gasteiger partial charge in [-0.1, -0.05) is 30.3 Å². The molecule has 0 saturated carbocycles. The summed E-state index contributed by atoms with van der Waals surface area (Å²) in [4.78, 5) is 29.8. The Bertz CT molecular complexity index is 998. The number of H-pyrrole nitrogens is 1. The molecule has 2 aromatic carbocycles. The molecule has 2 amide bonds. The number of fused-ring (bicyclic) bond motifs is 1. The zero-order valence-electron chi connectivity index (χ0n) is 14.7. The number of carbonyl (C=O) groups excluding carboxylic acids is 2. The number of benzene rings is 2. The van der Waals surface area contributed by atoms with E-state index in [1.165, 1.54) is 12.1 Å². The third-order valence-corrected chi connectivity index (χ3v) is 5.00. The Balaban J connectivity index is 1.46. The van der Waals surface area contributed by atoms with Gasteiger partial charge in [-0.3, -0.25) is 9.59 Å². The maximum absolute atomic E-state index is 13.3. The molecule has 0 spiro atoms. The summed E-state index contributed by atoms with van der Waals surface area (Å²) in [6.45, 7) is 0.628. The van der Waals surface area contributed by atoms with Gasteiger partial charge in [0.2, 0.25) is 11.8 Å². The van der Waals surface area contributed by atoms with Crippen LogP contribution < -0.4 is 5.32 Å². The molecule has 1 aromatic heterocycles. The molecule has 1 aliphatic heterocycles. The van der Waals surface area contributed by atoms with E-state index < -0.39 is 6.04 Å². The largest absolute Gasteiger partial charge is 0.361 e. The lowest BCUT2D eigenvalue weighted by molar-refractivity contribution is -0.135. The first kappa shape index (κ1) is 17.3. The van der Waals surface area contributed by atoms with Crippen LogP contribution >= 0.6 is 0 Å². The van der Waals surface area contributed by atoms with E-state index in [2.05, 4.69) is 10.3 Å². The minimum absolute atomic E-state index is 0.0220. The second-order valence-electron chi connectivity index (χ2n) is 6.78. The van der Waals surface area contributed by atoms with Crippen molar-refractivity contribution < 1.29 is 14.0 Å². The van der Waals surface area contributed by atoms with Crippen LogP contribution in [0, 0.1) is 5.82 Å². The second kappa shape index (κ2) is 7.23. The molecule has 2 N–H and O–H groups in total. The number of aromatic amines is 1. The number of rotatable bonds is 5. The number of halogens is 1. The van der Waals surface area contributed by atoms with Crippen LogP contribution in [0.2, 0.25) is 0 Å². The molecule has 1 atom stereocenters. The number of hydrogen-bond donors (Lipinski definition) is 2. The third-order valence-electron chi connectivity index (χ3n) is 5.00. The van der Waals surface area contributed by atoms with Gasteiger partial charge in [0.1, 0.15) is 11.9 Å². The minimum Gasteiger partial charge on any atom is -0.361 e. The van der Waals surface area contributed by atoms with Crippen molar-refractivity contribution in [2.24, 2.45) is 0 Å². The molecule has 1 unspecified atom stereocenters. The number of amides is 2. The Hall–Kier alpha value is -3.15. The minimum atomic E-state index is -0.500. The van der Waals surface area contributed by atoms with Crippen molar-refractivity contribution in [2.45, 2.75) is 32.0 Å². The number of aromatic nitrogens is 1. The number of carbonyl (C=O) groups is 2. The van der Waals surface area contributed by atoms with E-state index in [1.807, 2.05) is 30.5 Å². The molecule has 1 aliphatic rings. The Kier molecular flexibility index (Phi) is 4.62. The molecule has 3 aromatic rings. The van der Waals surface area contributed by atoms with Crippen molar-refractivity contribution >= 4 is 22.7 Å². The van der Waals surface area contributed by atoms with E-state index in [9.17, 15) is 14.0 Å². The van der Waals surface area contributed by atoms with Crippen LogP contribution in [0.5, 0.6) is 0 Å². The number of nitrogens with zero attached hydrogens (tertiary/aromatic N) is 1. The maximum Gasteiger partial charge on any atom is 0.243 e. The summed E-state index contributed by atoms with van der Waals surface area (Å²) in [7, 11) is 0. The number of para-hydroxylation sites is 1. The predicted octanol–water partition coefficient (Wildman–Crippen LogP) is 3.11. The summed E-state index contributed by atoms with van der Waals surface area (Å²) in [6, 6.07) is 13.5. The molecule has 0 aliphatic carbocycles. The zero-order chi connectivity index (χ0) is 18.8. The van der Waals surface area contributed by atoms with Gasteiger partial charge in [-0.25, -0.2) is 4.39 Å². The Morgan fingerprint density at radius 2 is 2.07 bits per heavy atom. The van der Waals surface area contributed by atoms with Gasteiger partial charge in [0.25, 0.3) is 0 Å². The first-order valence-corrected chi connectivity index (χ1v) is 8.98. The first-order chi connectivity index (χ1) is 13.1. The fourth-order valence-electron chi connectivity index (χ4n) is 3.60. The van der Waals surface area contributed by atoms with Gasteiger partial charge in [-0.05, 0) is 35.7 Å². The van der Waals surface area contributed by atoms with Crippen LogP contribution in [0.1, 0.15) is 24.0 Å². The zero-order valence-corrected chi connectivity index (χ0v) is 14.7. The summed E-state index contributed by atoms with van der Waals surface area (Å²) >= 11 is 0. The molecule has 2 heterocycles. The van der Waals surface area contributed by atoms with Gasteiger partial charge in [-0.15, -0.1) is 0 Å². The summed E-state index contributed by atoms with van der Waals surface area (Å²) in [6.07, 6.45) is 2.74. The number of nitrogens with one attached hydrogen (secondary N) is 2. The van der Waals surface area contributed by atoms with Gasteiger partial charge in [0, 0.05) is 36.6 Å². The van der Waals surface area contributed by atoms with Crippen molar-refractivity contribution in [3.05, 3.63) is 71.7 Å². The molecular weight excluding hydrogens is 345 g/mol. The van der Waals surface area contributed by atoms with Gasteiger partial charge in [0.15, 0.2) is 0 Å². The second-order valence-corrected chi connectivity index (χ2v) is 6.78. The fourth-order valence-corrected chi connectivity index (χ4v) is 3.60. The number of hydrogen-bond acceptors (Lipinski definition) is 2. The summed E-state index contributed by atoms with van der Waals surface area (Å²) in [5.41, 5.74) is 2.69. The maximum atomic E-state index is 13.3. The van der Waals surface area contributed by atoms with Crippen LogP contribution in [-0.4, -0.2) is 27.7 Å². The van der Waals surface area contributed by atoms with Gasteiger partial charge < -0.3 is 15.2 Å². The monoisotopic (exact) mass is 365 g/mol. The lowest BCUT2D eigenvalue weighted by Gasteiger charge is -2.24. The highest BCUT2D eigenvalue weighted by Gasteiger charge is 2.36. The smallest absolute Gasteiger partial charge is 0.243 e. The summed E-state index contributed by atoms with van der Waals surface area (Å²) in [5, 5.41) is 3.88. The van der Waals surface area contributed by atoms with E-state index in [-0.39, 0.29) is 24.2 Å². The predicted molar refractivity (Wildman–Crippen MR) is 100 cm³/mol. The van der Waals surface area contributed by atoms with Crippen molar-refractivity contribution in [1.29, 1.82) is 0 Å². The standard InChI is InChI=1S/C21H20FN3O2/c22-16-5-3-4-14(10-16)11-24-21(27)19-8-9-20(26)25(19)13-15-12-23-18-7-2-1-6-17(15)18/h1-7,10,12,19,23H,8-9,11,13H2,(H,24,27). The van der Waals surface area contributed by atoms with Crippen LogP contribution in [0.3, 0.4) is 0 Å². The van der Waals surface area contributed by atoms with E-state index in [0.29, 0.717) is 24.9 Å². The molecule has 27 heavy (non-hydrogen) atoms. The van der Waals surface area contributed by atoms with Gasteiger partial charge in [-0.2, -0.15) is 0 Å². The Morgan fingerprint density at radius 1 is 1.22 bits per heavy atom. The average Bonchev–Trinajstić information content (AvgIpc) is 3.25. The molecule has 6 heteroatoms. The highest BCUT2D eigenvalue weighted by Crippen LogP contribution is 2.25. The summed E-state index contributed by atoms with van der Waals surface area (Å²) < 4.78 is 13.3. The molecule has 138 valence electrons. The molecule has 1 saturated heterocycles. The van der Waals surface area contributed by atoms with Crippen LogP contribution in [-0.2, 0) is 22.7 Å². The molecule has 0 radical (unpaired) electrons. The van der Waals surface area contributed by atoms with E-state index in [1.54, 1.807) is 17.0 Å². The van der Waals surface area contributed by atoms with Crippen molar-refractivity contribution in [3.63, 3.8) is 0 Å². The normalized spacial score (nSPS) is 16.9. The molecule has 5 nitrogen and oxygen atoms in total. The lowest BCUT2D eigenvalue weighted by Crippen LogP contribution is -2.44. The van der Waals surface area contributed by atoms with Crippen molar-refractivity contribution in [1.82, 2.24) is 15.2 Å². The third kappa shape index (κ3) is 3.56. The van der Waals surface area contributed by atoms with Gasteiger partial charge >= 0.3 is 0 Å². The quantitative estimate of drug-likeness (QED) is 0.730. The molecule has 0 bridgehead atoms. The molecule has 4 rings (SSSR count). The van der Waals surface area contributed by atoms with Crippen LogP contribution in [0.4, 0.5) is 4.39 Å². The topological polar surface area (TPSA) is 65.2 Å². The number of likely N-dealkylation sites (tertiary alicyclic amines) is 1. The van der Waals surface area contributed by atoms with Crippen molar-refractivity contribution in [3.8, 4) is 0 Å². The van der Waals surface area contributed by atoms with E-state index in [0.717, 1.165) is 16.5 Å².